The number of para-hydroxylation sites is 1. The van der Waals surface area contributed by atoms with E-state index in [1.807, 2.05) is 29.2 Å². The zero-order valence-electron chi connectivity index (χ0n) is 17.6. The monoisotopic (exact) mass is 415 g/mol. The van der Waals surface area contributed by atoms with E-state index in [-0.39, 0.29) is 29.6 Å². The average molecular weight is 415 g/mol. The van der Waals surface area contributed by atoms with Gasteiger partial charge in [-0.25, -0.2) is 4.98 Å². The lowest BCUT2D eigenvalue weighted by Crippen LogP contribution is -2.46. The highest BCUT2D eigenvalue weighted by Crippen LogP contribution is 2.26. The molecule has 0 N–H and O–H groups in total. The number of furan rings is 1. The van der Waals surface area contributed by atoms with Gasteiger partial charge in [-0.2, -0.15) is 0 Å². The summed E-state index contributed by atoms with van der Waals surface area (Å²) in [6, 6.07) is 16.1. The number of hydrogen-bond acceptors (Lipinski definition) is 4. The van der Waals surface area contributed by atoms with Gasteiger partial charge in [0.2, 0.25) is 11.5 Å². The van der Waals surface area contributed by atoms with Crippen molar-refractivity contribution < 1.29 is 9.21 Å². The second-order valence-electron chi connectivity index (χ2n) is 8.21. The molecule has 2 aromatic carbocycles. The molecular formula is C25H25N3O3. The minimum absolute atomic E-state index is 0.0308. The van der Waals surface area contributed by atoms with Crippen LogP contribution in [-0.2, 0) is 24.2 Å². The Morgan fingerprint density at radius 1 is 1.16 bits per heavy atom. The predicted molar refractivity (Wildman–Crippen MR) is 120 cm³/mol. The number of hydrogen-bond donors (Lipinski definition) is 0. The fourth-order valence-electron chi connectivity index (χ4n) is 4.66. The van der Waals surface area contributed by atoms with Crippen LogP contribution in [0, 0.1) is 0 Å². The Hall–Kier alpha value is -3.41. The van der Waals surface area contributed by atoms with E-state index in [1.165, 1.54) is 22.0 Å². The van der Waals surface area contributed by atoms with Gasteiger partial charge in [0.25, 0.3) is 5.56 Å². The summed E-state index contributed by atoms with van der Waals surface area (Å²) in [7, 11) is 0. The van der Waals surface area contributed by atoms with Gasteiger partial charge in [-0.05, 0) is 48.9 Å². The smallest absolute Gasteiger partial charge is 0.297 e. The molecule has 1 unspecified atom stereocenters. The standard InChI is InChI=1S/C25H25N3O3/c1-2-13-28(19-12-11-17-7-3-4-8-18(17)14-19)22(29)15-27-16-26-23-20-9-5-6-10-21(20)31-24(23)25(27)30/h3-10,16,19H,2,11-15H2,1H3. The molecule has 0 radical (unpaired) electrons. The third kappa shape index (κ3) is 3.52. The Morgan fingerprint density at radius 3 is 2.77 bits per heavy atom. The van der Waals surface area contributed by atoms with Crippen molar-refractivity contribution in [1.82, 2.24) is 14.5 Å². The molecule has 1 atom stereocenters. The second-order valence-corrected chi connectivity index (χ2v) is 8.21. The quantitative estimate of drug-likeness (QED) is 0.495. The lowest BCUT2D eigenvalue weighted by molar-refractivity contribution is -0.134. The molecule has 2 heterocycles. The zero-order valence-corrected chi connectivity index (χ0v) is 17.6. The summed E-state index contributed by atoms with van der Waals surface area (Å²) < 4.78 is 7.12. The molecule has 0 bridgehead atoms. The molecular weight excluding hydrogens is 390 g/mol. The largest absolute Gasteiger partial charge is 0.448 e. The number of benzene rings is 2. The average Bonchev–Trinajstić information content (AvgIpc) is 3.18. The summed E-state index contributed by atoms with van der Waals surface area (Å²) >= 11 is 0. The van der Waals surface area contributed by atoms with Crippen LogP contribution in [0.15, 0.2) is 64.1 Å². The first-order chi connectivity index (χ1) is 15.2. The van der Waals surface area contributed by atoms with E-state index in [0.29, 0.717) is 17.6 Å². The van der Waals surface area contributed by atoms with Crippen LogP contribution in [0.2, 0.25) is 0 Å². The highest BCUT2D eigenvalue weighted by molar-refractivity contribution is 6.01. The Labute approximate surface area is 180 Å². The van der Waals surface area contributed by atoms with E-state index in [9.17, 15) is 9.59 Å². The van der Waals surface area contributed by atoms with Crippen LogP contribution >= 0.6 is 0 Å². The second kappa shape index (κ2) is 8.02. The third-order valence-corrected chi connectivity index (χ3v) is 6.20. The van der Waals surface area contributed by atoms with Crippen molar-refractivity contribution in [2.24, 2.45) is 0 Å². The minimum Gasteiger partial charge on any atom is -0.448 e. The molecule has 1 aliphatic rings. The zero-order chi connectivity index (χ0) is 21.4. The highest BCUT2D eigenvalue weighted by atomic mass is 16.3. The van der Waals surface area contributed by atoms with E-state index < -0.39 is 0 Å². The number of rotatable bonds is 5. The van der Waals surface area contributed by atoms with E-state index in [2.05, 4.69) is 36.2 Å². The molecule has 0 saturated heterocycles. The number of amides is 1. The van der Waals surface area contributed by atoms with Gasteiger partial charge in [-0.15, -0.1) is 0 Å². The van der Waals surface area contributed by atoms with E-state index in [1.54, 1.807) is 0 Å². The minimum atomic E-state index is -0.319. The maximum absolute atomic E-state index is 13.3. The van der Waals surface area contributed by atoms with Gasteiger partial charge >= 0.3 is 0 Å². The fraction of sp³-hybridized carbons (Fsp3) is 0.320. The molecule has 158 valence electrons. The number of carbonyl (C=O) groups excluding carboxylic acids is 1. The van der Waals surface area contributed by atoms with Gasteiger partial charge in [0, 0.05) is 18.0 Å². The topological polar surface area (TPSA) is 68.3 Å². The Bertz CT molecular complexity index is 1320. The molecule has 0 aliphatic heterocycles. The lowest BCUT2D eigenvalue weighted by atomic mass is 9.87. The van der Waals surface area contributed by atoms with Gasteiger partial charge in [0.1, 0.15) is 17.6 Å². The van der Waals surface area contributed by atoms with Crippen LogP contribution in [-0.4, -0.2) is 32.9 Å². The third-order valence-electron chi connectivity index (χ3n) is 6.20. The molecule has 2 aromatic heterocycles. The van der Waals surface area contributed by atoms with Crippen LogP contribution in [0.5, 0.6) is 0 Å². The number of carbonyl (C=O) groups is 1. The van der Waals surface area contributed by atoms with Crippen molar-refractivity contribution in [1.29, 1.82) is 0 Å². The van der Waals surface area contributed by atoms with Crippen molar-refractivity contribution >= 4 is 28.0 Å². The molecule has 0 fully saturated rings. The summed E-state index contributed by atoms with van der Waals surface area (Å²) in [6.07, 6.45) is 5.11. The van der Waals surface area contributed by atoms with Gasteiger partial charge in [-0.1, -0.05) is 43.3 Å². The first kappa shape index (κ1) is 19.5. The number of aromatic nitrogens is 2. The van der Waals surface area contributed by atoms with Crippen LogP contribution in [0.4, 0.5) is 0 Å². The van der Waals surface area contributed by atoms with Crippen LogP contribution in [0.3, 0.4) is 0 Å². The first-order valence-corrected chi connectivity index (χ1v) is 10.9. The van der Waals surface area contributed by atoms with Gasteiger partial charge in [0.15, 0.2) is 0 Å². The Balaban J connectivity index is 1.42. The number of aryl methyl sites for hydroxylation is 1. The molecule has 6 nitrogen and oxygen atoms in total. The van der Waals surface area contributed by atoms with E-state index in [0.717, 1.165) is 31.1 Å². The van der Waals surface area contributed by atoms with Crippen molar-refractivity contribution in [2.45, 2.75) is 45.2 Å². The maximum atomic E-state index is 13.3. The van der Waals surface area contributed by atoms with E-state index in [4.69, 9.17) is 4.42 Å². The highest BCUT2D eigenvalue weighted by Gasteiger charge is 2.27. The van der Waals surface area contributed by atoms with E-state index >= 15 is 0 Å². The summed E-state index contributed by atoms with van der Waals surface area (Å²) in [5.74, 6) is -0.0504. The van der Waals surface area contributed by atoms with Crippen molar-refractivity contribution in [2.75, 3.05) is 6.54 Å². The van der Waals surface area contributed by atoms with Gasteiger partial charge in [-0.3, -0.25) is 14.2 Å². The van der Waals surface area contributed by atoms with Crippen LogP contribution in [0.1, 0.15) is 30.9 Å². The SMILES string of the molecule is CCCN(C(=O)Cn1cnc2c(oc3ccccc32)c1=O)C1CCc2ccccc2C1. The van der Waals surface area contributed by atoms with Gasteiger partial charge in [0.05, 0.1) is 6.33 Å². The molecule has 1 aliphatic carbocycles. The molecule has 0 spiro atoms. The van der Waals surface area contributed by atoms with Crippen molar-refractivity contribution in [3.63, 3.8) is 0 Å². The summed E-state index contributed by atoms with van der Waals surface area (Å²) in [4.78, 5) is 32.7. The Kier molecular flexibility index (Phi) is 5.06. The van der Waals surface area contributed by atoms with Crippen LogP contribution < -0.4 is 5.56 Å². The summed E-state index contributed by atoms with van der Waals surface area (Å²) in [6.45, 7) is 2.73. The normalized spacial score (nSPS) is 15.8. The first-order valence-electron chi connectivity index (χ1n) is 10.9. The molecule has 0 saturated carbocycles. The maximum Gasteiger partial charge on any atom is 0.297 e. The molecule has 5 rings (SSSR count). The summed E-state index contributed by atoms with van der Waals surface area (Å²) in [5, 5.41) is 0.807. The van der Waals surface area contributed by atoms with Crippen molar-refractivity contribution in [3.05, 3.63) is 76.3 Å². The predicted octanol–water partition coefficient (Wildman–Crippen LogP) is 3.94. The number of fused-ring (bicyclic) bond motifs is 4. The summed E-state index contributed by atoms with van der Waals surface area (Å²) in [5.41, 5.74) is 3.73. The van der Waals surface area contributed by atoms with Gasteiger partial charge < -0.3 is 9.32 Å². The lowest BCUT2D eigenvalue weighted by Gasteiger charge is -2.35. The number of nitrogens with zero attached hydrogens (tertiary/aromatic N) is 3. The van der Waals surface area contributed by atoms with Crippen LogP contribution in [0.25, 0.3) is 22.1 Å². The molecule has 1 amide bonds. The molecule has 6 heteroatoms. The Morgan fingerprint density at radius 2 is 1.94 bits per heavy atom. The van der Waals surface area contributed by atoms with Crippen molar-refractivity contribution in [3.8, 4) is 0 Å². The fourth-order valence-corrected chi connectivity index (χ4v) is 4.66. The molecule has 4 aromatic rings. The molecule has 31 heavy (non-hydrogen) atoms.